The van der Waals surface area contributed by atoms with Gasteiger partial charge >= 0.3 is 0 Å². The van der Waals surface area contributed by atoms with E-state index in [2.05, 4.69) is 0 Å². The normalized spacial score (nSPS) is 20.1. The molecule has 17 heavy (non-hydrogen) atoms. The van der Waals surface area contributed by atoms with Gasteiger partial charge in [0, 0.05) is 0 Å². The van der Waals surface area contributed by atoms with Gasteiger partial charge in [-0.25, -0.2) is 0 Å². The number of hydrogen-bond acceptors (Lipinski definition) is 2. The highest BCUT2D eigenvalue weighted by Crippen LogP contribution is 2.38. The average Bonchev–Trinajstić information content (AvgIpc) is 2.30. The molecule has 0 unspecified atom stereocenters. The van der Waals surface area contributed by atoms with Gasteiger partial charge in [-0.2, -0.15) is 8.42 Å². The standard InChI is InChI=1S/C13H18O3S/c14-17(15,16)13(11-7-3-1-4-8-11)12-9-5-2-6-10-12/h1,3-4,7-8,12-13H,2,5-6,9-10H2,(H,14,15,16)/t13-/m0/s1. The Bertz CT molecular complexity index is 447. The van der Waals surface area contributed by atoms with E-state index in [1.165, 1.54) is 6.42 Å². The van der Waals surface area contributed by atoms with Gasteiger partial charge in [0.15, 0.2) is 0 Å². The molecule has 0 bridgehead atoms. The van der Waals surface area contributed by atoms with Gasteiger partial charge in [0.25, 0.3) is 10.1 Å². The first-order valence-electron chi connectivity index (χ1n) is 6.10. The molecule has 1 aromatic carbocycles. The molecule has 0 amide bonds. The maximum Gasteiger partial charge on any atom is 0.272 e. The van der Waals surface area contributed by atoms with Crippen molar-refractivity contribution < 1.29 is 13.0 Å². The summed E-state index contributed by atoms with van der Waals surface area (Å²) in [6, 6.07) is 9.05. The SMILES string of the molecule is O=S(=O)(O)[C@@H](c1ccccc1)C1CCCCC1. The zero-order valence-electron chi connectivity index (χ0n) is 9.75. The lowest BCUT2D eigenvalue weighted by Gasteiger charge is -2.28. The molecule has 0 heterocycles. The third-order valence-electron chi connectivity index (χ3n) is 3.53. The fourth-order valence-corrected chi connectivity index (χ4v) is 4.03. The summed E-state index contributed by atoms with van der Waals surface area (Å²) in [6.45, 7) is 0. The topological polar surface area (TPSA) is 54.4 Å². The Hall–Kier alpha value is -0.870. The van der Waals surface area contributed by atoms with Gasteiger partial charge in [0.2, 0.25) is 0 Å². The van der Waals surface area contributed by atoms with Crippen molar-refractivity contribution in [3.8, 4) is 0 Å². The highest BCUT2D eigenvalue weighted by Gasteiger charge is 2.34. The van der Waals surface area contributed by atoms with Crippen molar-refractivity contribution >= 4 is 10.1 Å². The predicted molar refractivity (Wildman–Crippen MR) is 67.3 cm³/mol. The molecule has 4 heteroatoms. The first-order valence-corrected chi connectivity index (χ1v) is 7.60. The van der Waals surface area contributed by atoms with E-state index in [1.807, 2.05) is 18.2 Å². The van der Waals surface area contributed by atoms with E-state index >= 15 is 0 Å². The van der Waals surface area contributed by atoms with Crippen LogP contribution in [0, 0.1) is 5.92 Å². The van der Waals surface area contributed by atoms with Crippen LogP contribution in [0.1, 0.15) is 42.9 Å². The molecule has 94 valence electrons. The fourth-order valence-electron chi connectivity index (χ4n) is 2.77. The Labute approximate surface area is 103 Å². The fraction of sp³-hybridized carbons (Fsp3) is 0.538. The summed E-state index contributed by atoms with van der Waals surface area (Å²) in [4.78, 5) is 0. The van der Waals surface area contributed by atoms with E-state index < -0.39 is 15.4 Å². The maximum absolute atomic E-state index is 11.6. The van der Waals surface area contributed by atoms with E-state index in [0.29, 0.717) is 5.56 Å². The highest BCUT2D eigenvalue weighted by atomic mass is 32.2. The lowest BCUT2D eigenvalue weighted by molar-refractivity contribution is 0.329. The second kappa shape index (κ2) is 5.19. The molecule has 0 saturated heterocycles. The third-order valence-corrected chi connectivity index (χ3v) is 4.83. The molecular weight excluding hydrogens is 236 g/mol. The first kappa shape index (κ1) is 12.6. The summed E-state index contributed by atoms with van der Waals surface area (Å²) >= 11 is 0. The molecule has 1 aromatic rings. The zero-order valence-corrected chi connectivity index (χ0v) is 10.6. The van der Waals surface area contributed by atoms with E-state index in [9.17, 15) is 13.0 Å². The minimum absolute atomic E-state index is 0.0566. The van der Waals surface area contributed by atoms with Crippen LogP contribution in [0.3, 0.4) is 0 Å². The van der Waals surface area contributed by atoms with Crippen LogP contribution in [-0.4, -0.2) is 13.0 Å². The van der Waals surface area contributed by atoms with Crippen LogP contribution in [0.2, 0.25) is 0 Å². The van der Waals surface area contributed by atoms with Crippen LogP contribution < -0.4 is 0 Å². The van der Waals surface area contributed by atoms with E-state index in [0.717, 1.165) is 25.7 Å². The summed E-state index contributed by atoms with van der Waals surface area (Å²) in [5.74, 6) is 0.0566. The smallest absolute Gasteiger partial charge is 0.272 e. The summed E-state index contributed by atoms with van der Waals surface area (Å²) < 4.78 is 32.6. The van der Waals surface area contributed by atoms with Gasteiger partial charge < -0.3 is 0 Å². The van der Waals surface area contributed by atoms with E-state index in [-0.39, 0.29) is 5.92 Å². The third kappa shape index (κ3) is 3.07. The Balaban J connectivity index is 2.32. The second-order valence-corrected chi connectivity index (χ2v) is 6.28. The minimum atomic E-state index is -4.02. The van der Waals surface area contributed by atoms with Crippen molar-refractivity contribution in [3.05, 3.63) is 35.9 Å². The lowest BCUT2D eigenvalue weighted by Crippen LogP contribution is -2.23. The molecule has 2 rings (SSSR count). The summed E-state index contributed by atoms with van der Waals surface area (Å²) in [7, 11) is -4.02. The van der Waals surface area contributed by atoms with Gasteiger partial charge in [-0.3, -0.25) is 4.55 Å². The molecule has 1 aliphatic carbocycles. The van der Waals surface area contributed by atoms with Gasteiger partial charge in [-0.05, 0) is 24.3 Å². The minimum Gasteiger partial charge on any atom is -0.285 e. The Morgan fingerprint density at radius 2 is 1.65 bits per heavy atom. The van der Waals surface area contributed by atoms with Crippen LogP contribution in [0.15, 0.2) is 30.3 Å². The molecule has 1 N–H and O–H groups in total. The van der Waals surface area contributed by atoms with Gasteiger partial charge in [0.1, 0.15) is 5.25 Å². The Morgan fingerprint density at radius 1 is 1.06 bits per heavy atom. The van der Waals surface area contributed by atoms with Crippen molar-refractivity contribution in [2.24, 2.45) is 5.92 Å². The monoisotopic (exact) mass is 254 g/mol. The molecule has 1 atom stereocenters. The Morgan fingerprint density at radius 3 is 2.18 bits per heavy atom. The van der Waals surface area contributed by atoms with Crippen LogP contribution in [0.25, 0.3) is 0 Å². The zero-order chi connectivity index (χ0) is 12.3. The van der Waals surface area contributed by atoms with Crippen molar-refractivity contribution in [2.75, 3.05) is 0 Å². The van der Waals surface area contributed by atoms with Gasteiger partial charge in [-0.15, -0.1) is 0 Å². The predicted octanol–water partition coefficient (Wildman–Crippen LogP) is 3.20. The molecule has 0 aliphatic heterocycles. The maximum atomic E-state index is 11.6. The largest absolute Gasteiger partial charge is 0.285 e. The Kier molecular flexibility index (Phi) is 3.84. The van der Waals surface area contributed by atoms with E-state index in [1.54, 1.807) is 12.1 Å². The second-order valence-electron chi connectivity index (χ2n) is 4.74. The van der Waals surface area contributed by atoms with Crippen LogP contribution in [0.5, 0.6) is 0 Å². The summed E-state index contributed by atoms with van der Waals surface area (Å²) in [5, 5.41) is -0.746. The van der Waals surface area contributed by atoms with Gasteiger partial charge in [0.05, 0.1) is 0 Å². The quantitative estimate of drug-likeness (QED) is 0.843. The summed E-state index contributed by atoms with van der Waals surface area (Å²) in [5.41, 5.74) is 0.710. The highest BCUT2D eigenvalue weighted by molar-refractivity contribution is 7.86. The molecule has 0 radical (unpaired) electrons. The molecular formula is C13H18O3S. The number of benzene rings is 1. The molecule has 3 nitrogen and oxygen atoms in total. The van der Waals surface area contributed by atoms with Gasteiger partial charge in [-0.1, -0.05) is 49.6 Å². The van der Waals surface area contributed by atoms with Crippen molar-refractivity contribution in [3.63, 3.8) is 0 Å². The molecule has 0 aromatic heterocycles. The lowest BCUT2D eigenvalue weighted by atomic mass is 9.84. The molecule has 0 spiro atoms. The average molecular weight is 254 g/mol. The first-order chi connectivity index (χ1) is 8.09. The number of hydrogen-bond donors (Lipinski definition) is 1. The van der Waals surface area contributed by atoms with Crippen molar-refractivity contribution in [1.29, 1.82) is 0 Å². The van der Waals surface area contributed by atoms with Crippen molar-refractivity contribution in [2.45, 2.75) is 37.4 Å². The van der Waals surface area contributed by atoms with Crippen LogP contribution in [0.4, 0.5) is 0 Å². The van der Waals surface area contributed by atoms with Crippen molar-refractivity contribution in [1.82, 2.24) is 0 Å². The summed E-state index contributed by atoms with van der Waals surface area (Å²) in [6.07, 6.45) is 5.06. The molecule has 1 saturated carbocycles. The van der Waals surface area contributed by atoms with Crippen LogP contribution in [-0.2, 0) is 10.1 Å². The number of rotatable bonds is 3. The van der Waals surface area contributed by atoms with Crippen LogP contribution >= 0.6 is 0 Å². The molecule has 1 fully saturated rings. The van der Waals surface area contributed by atoms with E-state index in [4.69, 9.17) is 0 Å². The molecule has 1 aliphatic rings.